The Kier molecular flexibility index (Phi) is 4.88. The topological polar surface area (TPSA) is 145 Å². The molecule has 0 spiro atoms. The largest absolute Gasteiger partial charge is 0.465 e. The number of H-pyrrole nitrogens is 1. The number of primary amides is 2. The monoisotopic (exact) mass is 393 g/mol. The lowest BCUT2D eigenvalue weighted by atomic mass is 9.81. The molecule has 8 nitrogen and oxygen atoms in total. The van der Waals surface area contributed by atoms with Crippen molar-refractivity contribution in [3.63, 3.8) is 0 Å². The molecule has 0 saturated carbocycles. The molecule has 0 saturated heterocycles. The summed E-state index contributed by atoms with van der Waals surface area (Å²) >= 11 is 2.00. The number of esters is 1. The summed E-state index contributed by atoms with van der Waals surface area (Å²) in [4.78, 5) is 50.4. The molecule has 1 aliphatic heterocycles. The van der Waals surface area contributed by atoms with Gasteiger partial charge in [0.05, 0.1) is 23.6 Å². The molecule has 1 aromatic heterocycles. The zero-order chi connectivity index (χ0) is 19.0. The highest BCUT2D eigenvalue weighted by Crippen LogP contribution is 2.48. The Bertz CT molecular complexity index is 934. The van der Waals surface area contributed by atoms with Crippen LogP contribution in [0.4, 0.5) is 0 Å². The summed E-state index contributed by atoms with van der Waals surface area (Å²) in [5.74, 6) is -3.40. The Labute approximate surface area is 155 Å². The predicted molar refractivity (Wildman–Crippen MR) is 96.1 cm³/mol. The smallest absolute Gasteiger partial charge is 0.337 e. The van der Waals surface area contributed by atoms with Crippen molar-refractivity contribution in [2.45, 2.75) is 16.2 Å². The molecule has 2 amide bonds. The minimum Gasteiger partial charge on any atom is -0.465 e. The van der Waals surface area contributed by atoms with Gasteiger partial charge in [0.25, 0.3) is 0 Å². The van der Waals surface area contributed by atoms with Gasteiger partial charge in [-0.15, -0.1) is 0 Å². The molecule has 3 atom stereocenters. The predicted octanol–water partition coefficient (Wildman–Crippen LogP) is 0.416. The van der Waals surface area contributed by atoms with E-state index in [0.29, 0.717) is 21.0 Å². The first-order chi connectivity index (χ1) is 12.3. The van der Waals surface area contributed by atoms with Gasteiger partial charge in [-0.1, -0.05) is 35.2 Å². The van der Waals surface area contributed by atoms with Crippen molar-refractivity contribution in [3.05, 3.63) is 49.9 Å². The number of fused-ring (bicyclic) bond motifs is 1. The second kappa shape index (κ2) is 6.96. The SMILES string of the molecule is COC(=O)c1ccc(C2c3sc(=O)[nH]c3SC(C(N)=O)C2C(N)=O)cc1. The van der Waals surface area contributed by atoms with Gasteiger partial charge in [-0.25, -0.2) is 4.79 Å². The van der Waals surface area contributed by atoms with E-state index < -0.39 is 34.9 Å². The summed E-state index contributed by atoms with van der Waals surface area (Å²) in [5.41, 5.74) is 12.0. The molecule has 5 N–H and O–H groups in total. The molecule has 2 heterocycles. The van der Waals surface area contributed by atoms with Gasteiger partial charge in [-0.2, -0.15) is 0 Å². The Hall–Kier alpha value is -2.59. The molecule has 3 rings (SSSR count). The fourth-order valence-electron chi connectivity index (χ4n) is 3.01. The molecule has 10 heteroatoms. The van der Waals surface area contributed by atoms with Crippen LogP contribution in [0.3, 0.4) is 0 Å². The summed E-state index contributed by atoms with van der Waals surface area (Å²) in [6.45, 7) is 0. The molecule has 0 bridgehead atoms. The lowest BCUT2D eigenvalue weighted by Gasteiger charge is -2.33. The van der Waals surface area contributed by atoms with Crippen molar-refractivity contribution >= 4 is 40.9 Å². The number of benzene rings is 1. The molecule has 26 heavy (non-hydrogen) atoms. The number of methoxy groups -OCH3 is 1. The van der Waals surface area contributed by atoms with E-state index >= 15 is 0 Å². The average molecular weight is 393 g/mol. The normalized spacial score (nSPS) is 21.7. The first-order valence-corrected chi connectivity index (χ1v) is 9.19. The van der Waals surface area contributed by atoms with Crippen LogP contribution in [0.1, 0.15) is 26.7 Å². The van der Waals surface area contributed by atoms with E-state index in [1.54, 1.807) is 24.3 Å². The van der Waals surface area contributed by atoms with E-state index in [0.717, 1.165) is 23.1 Å². The van der Waals surface area contributed by atoms with Gasteiger partial charge >= 0.3 is 10.8 Å². The fraction of sp³-hybridized carbons (Fsp3) is 0.250. The summed E-state index contributed by atoms with van der Waals surface area (Å²) in [6, 6.07) is 6.40. The number of aromatic amines is 1. The van der Waals surface area contributed by atoms with Crippen molar-refractivity contribution in [1.29, 1.82) is 0 Å². The highest BCUT2D eigenvalue weighted by Gasteiger charge is 2.46. The number of rotatable bonds is 4. The third-order valence-electron chi connectivity index (χ3n) is 4.15. The molecule has 0 radical (unpaired) electrons. The summed E-state index contributed by atoms with van der Waals surface area (Å²) in [5, 5.41) is -0.404. The van der Waals surface area contributed by atoms with E-state index in [1.165, 1.54) is 7.11 Å². The minimum absolute atomic E-state index is 0.299. The highest BCUT2D eigenvalue weighted by atomic mass is 32.2. The molecule has 3 unspecified atom stereocenters. The van der Waals surface area contributed by atoms with E-state index in [4.69, 9.17) is 11.5 Å². The number of aromatic nitrogens is 1. The Morgan fingerprint density at radius 2 is 1.77 bits per heavy atom. The second-order valence-electron chi connectivity index (χ2n) is 5.67. The Morgan fingerprint density at radius 3 is 2.31 bits per heavy atom. The van der Waals surface area contributed by atoms with Crippen LogP contribution in [0, 0.1) is 5.92 Å². The number of carbonyl (C=O) groups is 3. The molecule has 0 aliphatic carbocycles. The lowest BCUT2D eigenvalue weighted by molar-refractivity contribution is -0.126. The van der Waals surface area contributed by atoms with E-state index in [2.05, 4.69) is 9.72 Å². The number of thioether (sulfide) groups is 1. The molecule has 0 fully saturated rings. The first-order valence-electron chi connectivity index (χ1n) is 7.50. The molecule has 1 aliphatic rings. The zero-order valence-corrected chi connectivity index (χ0v) is 15.2. The summed E-state index contributed by atoms with van der Waals surface area (Å²) in [6.07, 6.45) is 0. The van der Waals surface area contributed by atoms with Crippen LogP contribution >= 0.6 is 23.1 Å². The maximum absolute atomic E-state index is 12.1. The molecular formula is C16H15N3O5S2. The maximum atomic E-state index is 12.1. The number of carbonyl (C=O) groups excluding carboxylic acids is 3. The van der Waals surface area contributed by atoms with Gasteiger partial charge in [0, 0.05) is 10.8 Å². The molecule has 2 aromatic rings. The number of ether oxygens (including phenoxy) is 1. The third kappa shape index (κ3) is 3.13. The molecular weight excluding hydrogens is 378 g/mol. The second-order valence-corrected chi connectivity index (χ2v) is 7.83. The number of hydrogen-bond acceptors (Lipinski definition) is 7. The number of nitrogens with two attached hydrogens (primary N) is 2. The van der Waals surface area contributed by atoms with Gasteiger partial charge in [0.2, 0.25) is 11.8 Å². The van der Waals surface area contributed by atoms with Gasteiger partial charge in [-0.05, 0) is 17.7 Å². The molecule has 136 valence electrons. The molecule has 1 aromatic carbocycles. The number of thiazole rings is 1. The van der Waals surface area contributed by atoms with E-state index in [1.807, 2.05) is 0 Å². The lowest BCUT2D eigenvalue weighted by Crippen LogP contribution is -2.45. The quantitative estimate of drug-likeness (QED) is 0.642. The Balaban J connectivity index is 2.14. The average Bonchev–Trinajstić information content (AvgIpc) is 2.99. The van der Waals surface area contributed by atoms with Crippen LogP contribution < -0.4 is 16.3 Å². The zero-order valence-electron chi connectivity index (χ0n) is 13.6. The number of amides is 2. The van der Waals surface area contributed by atoms with Crippen LogP contribution in [0.5, 0.6) is 0 Å². The van der Waals surface area contributed by atoms with Gasteiger partial charge in [0.1, 0.15) is 5.25 Å². The van der Waals surface area contributed by atoms with Crippen molar-refractivity contribution in [3.8, 4) is 0 Å². The van der Waals surface area contributed by atoms with E-state index in [9.17, 15) is 19.2 Å². The van der Waals surface area contributed by atoms with Crippen molar-refractivity contribution in [1.82, 2.24) is 4.98 Å². The van der Waals surface area contributed by atoms with Crippen LogP contribution in [0.2, 0.25) is 0 Å². The Morgan fingerprint density at radius 1 is 1.12 bits per heavy atom. The van der Waals surface area contributed by atoms with Gasteiger partial charge in [0.15, 0.2) is 0 Å². The van der Waals surface area contributed by atoms with Crippen LogP contribution in [-0.2, 0) is 14.3 Å². The fourth-order valence-corrected chi connectivity index (χ4v) is 5.45. The van der Waals surface area contributed by atoms with Crippen molar-refractivity contribution in [2.75, 3.05) is 7.11 Å². The third-order valence-corrected chi connectivity index (χ3v) is 6.59. The van der Waals surface area contributed by atoms with Crippen LogP contribution in [0.25, 0.3) is 0 Å². The van der Waals surface area contributed by atoms with Crippen LogP contribution in [-0.4, -0.2) is 35.1 Å². The number of nitrogens with one attached hydrogen (secondary N) is 1. The van der Waals surface area contributed by atoms with Crippen LogP contribution in [0.15, 0.2) is 34.1 Å². The van der Waals surface area contributed by atoms with Crippen molar-refractivity contribution in [2.24, 2.45) is 17.4 Å². The summed E-state index contributed by atoms with van der Waals surface area (Å²) in [7, 11) is 1.28. The maximum Gasteiger partial charge on any atom is 0.337 e. The van der Waals surface area contributed by atoms with E-state index in [-0.39, 0.29) is 4.87 Å². The highest BCUT2D eigenvalue weighted by molar-refractivity contribution is 8.00. The van der Waals surface area contributed by atoms with Gasteiger partial charge < -0.3 is 21.2 Å². The first kappa shape index (κ1) is 18.2. The minimum atomic E-state index is -0.916. The standard InChI is InChI=1S/C16H15N3O5S2/c1-24-15(22)7-4-2-6(3-5-7)8-9(12(17)20)10(13(18)21)25-14-11(8)26-16(23)19-14/h2-5,8-10H,1H3,(H2,17,20)(H2,18,21)(H,19,23). The van der Waals surface area contributed by atoms with Crippen molar-refractivity contribution < 1.29 is 19.1 Å². The number of hydrogen-bond donors (Lipinski definition) is 3. The van der Waals surface area contributed by atoms with Gasteiger partial charge in [-0.3, -0.25) is 14.4 Å². The summed E-state index contributed by atoms with van der Waals surface area (Å²) < 4.78 is 4.67.